The molecule has 2 fully saturated rings. The van der Waals surface area contributed by atoms with E-state index in [4.69, 9.17) is 11.6 Å². The first-order valence-corrected chi connectivity index (χ1v) is 10.1. The molecule has 4 rings (SSSR count). The molecule has 2 aliphatic heterocycles. The normalized spacial score (nSPS) is 21.5. The summed E-state index contributed by atoms with van der Waals surface area (Å²) in [5.41, 5.74) is 4.52. The van der Waals surface area contributed by atoms with Gasteiger partial charge in [-0.1, -0.05) is 23.7 Å². The van der Waals surface area contributed by atoms with Crippen LogP contribution in [0.25, 0.3) is 11.1 Å². The van der Waals surface area contributed by atoms with Crippen molar-refractivity contribution in [3.05, 3.63) is 41.7 Å². The van der Waals surface area contributed by atoms with E-state index in [9.17, 15) is 5.11 Å². The lowest BCUT2D eigenvalue weighted by Gasteiger charge is -2.34. The van der Waals surface area contributed by atoms with E-state index in [1.165, 1.54) is 5.69 Å². The van der Waals surface area contributed by atoms with Gasteiger partial charge in [-0.3, -0.25) is 0 Å². The zero-order chi connectivity index (χ0) is 18.8. The molecule has 0 bridgehead atoms. The van der Waals surface area contributed by atoms with Crippen LogP contribution >= 0.6 is 11.6 Å². The molecule has 0 saturated carbocycles. The van der Waals surface area contributed by atoms with Crippen LogP contribution in [-0.2, 0) is 0 Å². The van der Waals surface area contributed by atoms with Crippen molar-refractivity contribution in [1.29, 1.82) is 0 Å². The Morgan fingerprint density at radius 1 is 1.04 bits per heavy atom. The number of aliphatic hydroxyl groups is 1. The van der Waals surface area contributed by atoms with E-state index in [0.29, 0.717) is 11.7 Å². The molecule has 2 aromatic rings. The number of nitrogens with zero attached hydrogens (tertiary/aromatic N) is 4. The number of likely N-dealkylation sites (N-methyl/N-ethyl adjacent to an activating group) is 1. The van der Waals surface area contributed by atoms with Crippen molar-refractivity contribution in [3.8, 4) is 11.1 Å². The molecule has 2 saturated heterocycles. The molecule has 3 heterocycles. The number of pyridine rings is 1. The molecule has 1 aromatic heterocycles. The second-order valence-electron chi connectivity index (χ2n) is 7.60. The van der Waals surface area contributed by atoms with Crippen molar-refractivity contribution in [3.63, 3.8) is 0 Å². The lowest BCUT2D eigenvalue weighted by atomic mass is 10.0. The minimum absolute atomic E-state index is 0.279. The van der Waals surface area contributed by atoms with Gasteiger partial charge in [-0.05, 0) is 43.7 Å². The summed E-state index contributed by atoms with van der Waals surface area (Å²) in [5.74, 6) is 0. The van der Waals surface area contributed by atoms with Gasteiger partial charge in [-0.15, -0.1) is 0 Å². The van der Waals surface area contributed by atoms with Crippen molar-refractivity contribution in [1.82, 2.24) is 9.88 Å². The summed E-state index contributed by atoms with van der Waals surface area (Å²) in [6.45, 7) is 5.91. The summed E-state index contributed by atoms with van der Waals surface area (Å²) in [6, 6.07) is 10.7. The highest BCUT2D eigenvalue weighted by atomic mass is 35.5. The Kier molecular flexibility index (Phi) is 5.53. The van der Waals surface area contributed by atoms with Crippen LogP contribution in [0.15, 0.2) is 36.5 Å². The summed E-state index contributed by atoms with van der Waals surface area (Å²) in [7, 11) is 2.17. The number of piperazine rings is 1. The average molecular weight is 387 g/mol. The molecule has 0 radical (unpaired) electrons. The third kappa shape index (κ3) is 4.21. The van der Waals surface area contributed by atoms with Gasteiger partial charge in [0.1, 0.15) is 5.15 Å². The van der Waals surface area contributed by atoms with Crippen LogP contribution < -0.4 is 9.80 Å². The van der Waals surface area contributed by atoms with Crippen molar-refractivity contribution in [2.24, 2.45) is 0 Å². The van der Waals surface area contributed by atoms with Gasteiger partial charge >= 0.3 is 0 Å². The number of hydrogen-bond acceptors (Lipinski definition) is 5. The Hall–Kier alpha value is -1.82. The summed E-state index contributed by atoms with van der Waals surface area (Å²) in [4.78, 5) is 11.3. The quantitative estimate of drug-likeness (QED) is 0.821. The van der Waals surface area contributed by atoms with E-state index in [2.05, 4.69) is 51.0 Å². The first-order valence-electron chi connectivity index (χ1n) is 9.72. The summed E-state index contributed by atoms with van der Waals surface area (Å²) >= 11 is 6.19. The molecule has 0 amide bonds. The Labute approximate surface area is 166 Å². The Morgan fingerprint density at radius 3 is 2.48 bits per heavy atom. The fourth-order valence-electron chi connectivity index (χ4n) is 3.99. The van der Waals surface area contributed by atoms with Gasteiger partial charge < -0.3 is 19.8 Å². The molecule has 0 unspecified atom stereocenters. The van der Waals surface area contributed by atoms with Crippen molar-refractivity contribution in [2.75, 3.05) is 56.1 Å². The molecule has 0 spiro atoms. The maximum Gasteiger partial charge on any atom is 0.131 e. The summed E-state index contributed by atoms with van der Waals surface area (Å²) < 4.78 is 0. The fraction of sp³-hybridized carbons (Fsp3) is 0.476. The largest absolute Gasteiger partial charge is 0.391 e. The number of β-amino-alcohol motifs (C(OH)–C–C–N with tert-alkyl or cyclic N) is 1. The minimum Gasteiger partial charge on any atom is -0.391 e. The molecule has 2 aliphatic rings. The van der Waals surface area contributed by atoms with Crippen LogP contribution in [0, 0.1) is 0 Å². The van der Waals surface area contributed by atoms with Gasteiger partial charge in [0, 0.05) is 62.4 Å². The van der Waals surface area contributed by atoms with Crippen LogP contribution in [-0.4, -0.2) is 67.4 Å². The second-order valence-corrected chi connectivity index (χ2v) is 7.99. The first-order chi connectivity index (χ1) is 13.1. The van der Waals surface area contributed by atoms with E-state index in [0.717, 1.165) is 62.4 Å². The van der Waals surface area contributed by atoms with Crippen LogP contribution in [0.3, 0.4) is 0 Å². The topological polar surface area (TPSA) is 42.8 Å². The Morgan fingerprint density at radius 2 is 1.78 bits per heavy atom. The van der Waals surface area contributed by atoms with Crippen LogP contribution in [0.4, 0.5) is 11.4 Å². The third-order valence-corrected chi connectivity index (χ3v) is 5.84. The summed E-state index contributed by atoms with van der Waals surface area (Å²) in [5, 5.41) is 10.6. The van der Waals surface area contributed by atoms with E-state index >= 15 is 0 Å². The lowest BCUT2D eigenvalue weighted by molar-refractivity contribution is 0.154. The van der Waals surface area contributed by atoms with Gasteiger partial charge in [-0.2, -0.15) is 0 Å². The third-order valence-electron chi connectivity index (χ3n) is 5.63. The van der Waals surface area contributed by atoms with Gasteiger partial charge in [0.05, 0.1) is 6.10 Å². The highest BCUT2D eigenvalue weighted by Crippen LogP contribution is 2.34. The van der Waals surface area contributed by atoms with E-state index < -0.39 is 0 Å². The molecule has 27 heavy (non-hydrogen) atoms. The maximum atomic E-state index is 10.1. The highest BCUT2D eigenvalue weighted by molar-refractivity contribution is 6.29. The molecule has 144 valence electrons. The fourth-order valence-corrected chi connectivity index (χ4v) is 4.15. The predicted molar refractivity (Wildman–Crippen MR) is 112 cm³/mol. The average Bonchev–Trinajstić information content (AvgIpc) is 2.69. The lowest BCUT2D eigenvalue weighted by Crippen LogP contribution is -2.44. The number of hydrogen-bond donors (Lipinski definition) is 1. The van der Waals surface area contributed by atoms with Crippen molar-refractivity contribution >= 4 is 23.0 Å². The molecule has 1 atom stereocenters. The van der Waals surface area contributed by atoms with Crippen molar-refractivity contribution in [2.45, 2.75) is 18.9 Å². The van der Waals surface area contributed by atoms with Crippen molar-refractivity contribution < 1.29 is 5.11 Å². The second kappa shape index (κ2) is 8.05. The zero-order valence-corrected chi connectivity index (χ0v) is 16.6. The van der Waals surface area contributed by atoms with Gasteiger partial charge in [0.25, 0.3) is 0 Å². The highest BCUT2D eigenvalue weighted by Gasteiger charge is 2.21. The molecule has 1 aromatic carbocycles. The first kappa shape index (κ1) is 18.5. The monoisotopic (exact) mass is 386 g/mol. The molecular formula is C21H27ClN4O. The predicted octanol–water partition coefficient (Wildman–Crippen LogP) is 3.11. The number of benzene rings is 1. The van der Waals surface area contributed by atoms with E-state index in [1.807, 2.05) is 12.3 Å². The number of halogens is 1. The standard InChI is InChI=1S/C21H27ClN4O/c1-24-9-11-25(12-10-24)17-6-4-16(5-7-17)19-14-23-21(22)13-20(19)26-8-2-3-18(27)15-26/h4-7,13-14,18,27H,2-3,8-12,15H2,1H3/t18-/m0/s1. The van der Waals surface area contributed by atoms with Gasteiger partial charge in [0.2, 0.25) is 0 Å². The zero-order valence-electron chi connectivity index (χ0n) is 15.8. The Bertz CT molecular complexity index is 774. The Balaban J connectivity index is 1.59. The molecule has 6 heteroatoms. The molecule has 0 aliphatic carbocycles. The maximum absolute atomic E-state index is 10.1. The number of aliphatic hydroxyl groups excluding tert-OH is 1. The summed E-state index contributed by atoms with van der Waals surface area (Å²) in [6.07, 6.45) is 3.43. The number of anilines is 2. The SMILES string of the molecule is CN1CCN(c2ccc(-c3cnc(Cl)cc3N3CCC[C@H](O)C3)cc2)CC1. The van der Waals surface area contributed by atoms with Crippen LogP contribution in [0.5, 0.6) is 0 Å². The number of piperidine rings is 1. The molecule has 5 nitrogen and oxygen atoms in total. The smallest absolute Gasteiger partial charge is 0.131 e. The van der Waals surface area contributed by atoms with Crippen LogP contribution in [0.2, 0.25) is 5.15 Å². The van der Waals surface area contributed by atoms with Gasteiger partial charge in [0.15, 0.2) is 0 Å². The van der Waals surface area contributed by atoms with E-state index in [1.54, 1.807) is 0 Å². The van der Waals surface area contributed by atoms with Gasteiger partial charge in [-0.25, -0.2) is 4.98 Å². The minimum atomic E-state index is -0.279. The molecule has 1 N–H and O–H groups in total. The molecular weight excluding hydrogens is 360 g/mol. The van der Waals surface area contributed by atoms with E-state index in [-0.39, 0.29) is 6.10 Å². The number of rotatable bonds is 3. The van der Waals surface area contributed by atoms with Crippen LogP contribution in [0.1, 0.15) is 12.8 Å². The number of aromatic nitrogens is 1.